The van der Waals surface area contributed by atoms with Gasteiger partial charge in [0, 0.05) is 44.1 Å². The molecule has 2 atom stereocenters. The molecule has 1 unspecified atom stereocenters. The fourth-order valence-electron chi connectivity index (χ4n) is 5.77. The molecule has 2 fully saturated rings. The summed E-state index contributed by atoms with van der Waals surface area (Å²) in [5, 5.41) is 3.74. The van der Waals surface area contributed by atoms with Gasteiger partial charge in [-0.25, -0.2) is 0 Å². The molecule has 0 radical (unpaired) electrons. The van der Waals surface area contributed by atoms with Crippen molar-refractivity contribution in [2.24, 2.45) is 11.3 Å². The topological polar surface area (TPSA) is 67.6 Å². The number of carbonyl (C=O) groups excluding carboxylic acids is 1. The Hall–Kier alpha value is -1.80. The van der Waals surface area contributed by atoms with Crippen LogP contribution in [0.25, 0.3) is 0 Å². The van der Waals surface area contributed by atoms with Gasteiger partial charge in [-0.05, 0) is 67.7 Å². The molecule has 32 heavy (non-hydrogen) atoms. The number of fused-ring (bicyclic) bond motifs is 1. The first-order valence-electron chi connectivity index (χ1n) is 11.7. The number of hydrogen-bond donors (Lipinski definition) is 2. The van der Waals surface area contributed by atoms with E-state index in [0.717, 1.165) is 63.0 Å². The molecular weight excluding hydrogens is 419 g/mol. The first-order chi connectivity index (χ1) is 15.1. The molecule has 1 amide bonds. The number of nitrogens with zero attached hydrogens (tertiary/aromatic N) is 1. The van der Waals surface area contributed by atoms with Gasteiger partial charge in [-0.1, -0.05) is 13.8 Å². The van der Waals surface area contributed by atoms with E-state index in [1.165, 1.54) is 0 Å². The standard InChI is InChI=1S/C24H34F3N3O2/c1-15(2)23(7-3-19(13-23)29-18-5-9-32-10-6-18)22(31)30-8-4-20-16(14-30)11-17(12-21(20)28)24(25,26)27/h11-12,15,18-19,29H,3-10,13-14,28H2,1-2H3/t19?,23-/m0/s1. The minimum Gasteiger partial charge on any atom is -0.398 e. The number of hydrogen-bond acceptors (Lipinski definition) is 4. The summed E-state index contributed by atoms with van der Waals surface area (Å²) in [7, 11) is 0. The van der Waals surface area contributed by atoms with Gasteiger partial charge < -0.3 is 20.7 Å². The van der Waals surface area contributed by atoms with Crippen LogP contribution in [0.15, 0.2) is 12.1 Å². The number of benzene rings is 1. The van der Waals surface area contributed by atoms with Crippen molar-refractivity contribution in [1.82, 2.24) is 10.2 Å². The quantitative estimate of drug-likeness (QED) is 0.673. The Labute approximate surface area is 187 Å². The number of anilines is 1. The maximum absolute atomic E-state index is 13.8. The van der Waals surface area contributed by atoms with Gasteiger partial charge in [0.15, 0.2) is 0 Å². The Morgan fingerprint density at radius 3 is 2.59 bits per heavy atom. The molecule has 1 aromatic rings. The van der Waals surface area contributed by atoms with Gasteiger partial charge in [0.1, 0.15) is 0 Å². The highest BCUT2D eigenvalue weighted by molar-refractivity contribution is 5.84. The second-order valence-corrected chi connectivity index (χ2v) is 9.98. The molecule has 0 aromatic heterocycles. The summed E-state index contributed by atoms with van der Waals surface area (Å²) < 4.78 is 45.3. The number of halogens is 3. The molecule has 3 N–H and O–H groups in total. The summed E-state index contributed by atoms with van der Waals surface area (Å²) in [4.78, 5) is 15.6. The van der Waals surface area contributed by atoms with E-state index in [0.29, 0.717) is 24.6 Å². The van der Waals surface area contributed by atoms with Gasteiger partial charge in [0.2, 0.25) is 5.91 Å². The number of nitrogen functional groups attached to an aromatic ring is 1. The molecular formula is C24H34F3N3O2. The lowest BCUT2D eigenvalue weighted by Crippen LogP contribution is -2.49. The van der Waals surface area contributed by atoms with Crippen molar-refractivity contribution >= 4 is 11.6 Å². The molecule has 5 nitrogen and oxygen atoms in total. The zero-order valence-corrected chi connectivity index (χ0v) is 18.9. The van der Waals surface area contributed by atoms with Crippen LogP contribution < -0.4 is 11.1 Å². The fourth-order valence-corrected chi connectivity index (χ4v) is 5.77. The van der Waals surface area contributed by atoms with Crippen LogP contribution in [-0.2, 0) is 28.7 Å². The summed E-state index contributed by atoms with van der Waals surface area (Å²) in [5.41, 5.74) is 6.15. The van der Waals surface area contributed by atoms with E-state index in [1.54, 1.807) is 4.90 Å². The summed E-state index contributed by atoms with van der Waals surface area (Å²) >= 11 is 0. The number of ether oxygens (including phenoxy) is 1. The highest BCUT2D eigenvalue weighted by atomic mass is 19.4. The van der Waals surface area contributed by atoms with E-state index in [9.17, 15) is 18.0 Å². The highest BCUT2D eigenvalue weighted by Crippen LogP contribution is 2.47. The van der Waals surface area contributed by atoms with Gasteiger partial charge in [0.25, 0.3) is 0 Å². The van der Waals surface area contributed by atoms with Crippen LogP contribution in [-0.4, -0.2) is 42.6 Å². The van der Waals surface area contributed by atoms with Gasteiger partial charge >= 0.3 is 6.18 Å². The molecule has 2 heterocycles. The van der Waals surface area contributed by atoms with Crippen molar-refractivity contribution in [3.8, 4) is 0 Å². The van der Waals surface area contributed by atoms with Crippen molar-refractivity contribution in [1.29, 1.82) is 0 Å². The second-order valence-electron chi connectivity index (χ2n) is 9.98. The van der Waals surface area contributed by atoms with Gasteiger partial charge in [0.05, 0.1) is 11.0 Å². The molecule has 1 saturated heterocycles. The average Bonchev–Trinajstić information content (AvgIpc) is 3.18. The van der Waals surface area contributed by atoms with Crippen molar-refractivity contribution in [2.45, 2.75) is 77.2 Å². The molecule has 8 heteroatoms. The number of nitrogens with two attached hydrogens (primary N) is 1. The maximum atomic E-state index is 13.8. The predicted molar refractivity (Wildman–Crippen MR) is 117 cm³/mol. The van der Waals surface area contributed by atoms with E-state index in [2.05, 4.69) is 19.2 Å². The Bertz CT molecular complexity index is 852. The number of alkyl halides is 3. The van der Waals surface area contributed by atoms with Gasteiger partial charge in [-0.15, -0.1) is 0 Å². The smallest absolute Gasteiger partial charge is 0.398 e. The van der Waals surface area contributed by atoms with Gasteiger partial charge in [-0.3, -0.25) is 4.79 Å². The van der Waals surface area contributed by atoms with Crippen LogP contribution >= 0.6 is 0 Å². The number of carbonyl (C=O) groups is 1. The van der Waals surface area contributed by atoms with Crippen molar-refractivity contribution in [3.05, 3.63) is 28.8 Å². The van der Waals surface area contributed by atoms with Crippen LogP contribution in [0.5, 0.6) is 0 Å². The predicted octanol–water partition coefficient (Wildman–Crippen LogP) is 4.14. The zero-order chi connectivity index (χ0) is 23.1. The Kier molecular flexibility index (Phi) is 6.47. The van der Waals surface area contributed by atoms with Crippen LogP contribution in [0.4, 0.5) is 18.9 Å². The van der Waals surface area contributed by atoms with Crippen LogP contribution in [0.2, 0.25) is 0 Å². The molecule has 1 aromatic carbocycles. The molecule has 4 rings (SSSR count). The minimum atomic E-state index is -4.46. The Morgan fingerprint density at radius 1 is 1.22 bits per heavy atom. The van der Waals surface area contributed by atoms with Crippen molar-refractivity contribution < 1.29 is 22.7 Å². The molecule has 3 aliphatic rings. The van der Waals surface area contributed by atoms with E-state index in [1.807, 2.05) is 0 Å². The zero-order valence-electron chi connectivity index (χ0n) is 18.9. The summed E-state index contributed by atoms with van der Waals surface area (Å²) in [5.74, 6) is 0.231. The Balaban J connectivity index is 1.51. The maximum Gasteiger partial charge on any atom is 0.416 e. The molecule has 1 aliphatic carbocycles. The van der Waals surface area contributed by atoms with E-state index in [4.69, 9.17) is 10.5 Å². The normalized spacial score (nSPS) is 27.1. The fraction of sp³-hybridized carbons (Fsp3) is 0.708. The lowest BCUT2D eigenvalue weighted by Gasteiger charge is -2.40. The van der Waals surface area contributed by atoms with E-state index >= 15 is 0 Å². The van der Waals surface area contributed by atoms with Crippen LogP contribution in [0.3, 0.4) is 0 Å². The monoisotopic (exact) mass is 453 g/mol. The highest BCUT2D eigenvalue weighted by Gasteiger charge is 2.50. The summed E-state index contributed by atoms with van der Waals surface area (Å²) in [6, 6.07) is 2.89. The molecule has 0 bridgehead atoms. The Morgan fingerprint density at radius 2 is 1.94 bits per heavy atom. The summed E-state index contributed by atoms with van der Waals surface area (Å²) in [6.45, 7) is 6.41. The third kappa shape index (κ3) is 4.49. The summed E-state index contributed by atoms with van der Waals surface area (Å²) in [6.07, 6.45) is 0.534. The molecule has 2 aliphatic heterocycles. The lowest BCUT2D eigenvalue weighted by atomic mass is 9.73. The molecule has 178 valence electrons. The van der Waals surface area contributed by atoms with E-state index < -0.39 is 17.2 Å². The number of amides is 1. The van der Waals surface area contributed by atoms with Crippen molar-refractivity contribution in [2.75, 3.05) is 25.5 Å². The average molecular weight is 454 g/mol. The molecule has 1 saturated carbocycles. The number of rotatable bonds is 4. The SMILES string of the molecule is CC(C)[C@]1(C(=O)N2CCc3c(N)cc(C(F)(F)F)cc3C2)CCC(NC2CCOCC2)C1. The minimum absolute atomic E-state index is 0.0745. The first kappa shape index (κ1) is 23.4. The third-order valence-corrected chi connectivity index (χ3v) is 7.76. The number of nitrogens with one attached hydrogen (secondary N) is 1. The third-order valence-electron chi connectivity index (χ3n) is 7.76. The second kappa shape index (κ2) is 8.86. The van der Waals surface area contributed by atoms with E-state index in [-0.39, 0.29) is 30.1 Å². The van der Waals surface area contributed by atoms with Crippen molar-refractivity contribution in [3.63, 3.8) is 0 Å². The van der Waals surface area contributed by atoms with Crippen LogP contribution in [0.1, 0.15) is 62.6 Å². The first-order valence-corrected chi connectivity index (χ1v) is 11.7. The lowest BCUT2D eigenvalue weighted by molar-refractivity contribution is -0.145. The van der Waals surface area contributed by atoms with Crippen LogP contribution in [0, 0.1) is 11.3 Å². The molecule has 0 spiro atoms. The van der Waals surface area contributed by atoms with Gasteiger partial charge in [-0.2, -0.15) is 13.2 Å². The largest absolute Gasteiger partial charge is 0.416 e.